The first kappa shape index (κ1) is 18.9. The minimum atomic E-state index is -0.284. The molecular weight excluding hydrogens is 384 g/mol. The van der Waals surface area contributed by atoms with Gasteiger partial charge >= 0.3 is 0 Å². The zero-order chi connectivity index (χ0) is 20.4. The lowest BCUT2D eigenvalue weighted by Crippen LogP contribution is -2.17. The lowest BCUT2D eigenvalue weighted by atomic mass is 10.2. The van der Waals surface area contributed by atoms with Crippen LogP contribution in [-0.4, -0.2) is 21.7 Å². The van der Waals surface area contributed by atoms with E-state index in [4.69, 9.17) is 11.6 Å². The van der Waals surface area contributed by atoms with Crippen LogP contribution in [0.2, 0.25) is 5.02 Å². The fourth-order valence-electron chi connectivity index (χ4n) is 3.34. The number of benzene rings is 2. The van der Waals surface area contributed by atoms with Crippen molar-refractivity contribution in [1.29, 1.82) is 0 Å². The second-order valence-electron chi connectivity index (χ2n) is 6.75. The minimum Gasteiger partial charge on any atom is -0.318 e. The second kappa shape index (κ2) is 7.89. The molecule has 4 aromatic rings. The molecule has 144 valence electrons. The number of fused-ring (bicyclic) bond motifs is 1. The molecule has 0 fully saturated rings. The molecule has 0 atom stereocenters. The third kappa shape index (κ3) is 3.91. The number of carbonyl (C=O) groups excluding carboxylic acids is 1. The fourth-order valence-corrected chi connectivity index (χ4v) is 3.47. The van der Waals surface area contributed by atoms with Crippen LogP contribution in [0.5, 0.6) is 0 Å². The van der Waals surface area contributed by atoms with Gasteiger partial charge in [0, 0.05) is 44.8 Å². The molecule has 29 heavy (non-hydrogen) atoms. The Balaban J connectivity index is 1.57. The summed E-state index contributed by atoms with van der Waals surface area (Å²) in [6.45, 7) is 4.08. The Morgan fingerprint density at radius 1 is 1.10 bits per heavy atom. The number of halogens is 1. The van der Waals surface area contributed by atoms with Crippen LogP contribution in [-0.2, 0) is 0 Å². The summed E-state index contributed by atoms with van der Waals surface area (Å²) in [5, 5.41) is 5.79. The normalized spacial score (nSPS) is 11.3. The molecule has 0 spiro atoms. The summed E-state index contributed by atoms with van der Waals surface area (Å²) >= 11 is 5.85. The molecule has 4 rings (SSSR count). The predicted molar refractivity (Wildman–Crippen MR) is 117 cm³/mol. The van der Waals surface area contributed by atoms with Gasteiger partial charge in [-0.05, 0) is 68.4 Å². The summed E-state index contributed by atoms with van der Waals surface area (Å²) in [6, 6.07) is 18.9. The SMILES string of the molecule is Cc1cc(/C=N\NC(=O)c2ccc(Cl)cc2)c(C)n1-c1ccc2ncccc2c1. The van der Waals surface area contributed by atoms with Gasteiger partial charge < -0.3 is 4.57 Å². The van der Waals surface area contributed by atoms with Crippen LogP contribution in [0.4, 0.5) is 0 Å². The summed E-state index contributed by atoms with van der Waals surface area (Å²) in [5.74, 6) is -0.284. The van der Waals surface area contributed by atoms with Crippen molar-refractivity contribution in [3.05, 3.63) is 94.4 Å². The molecule has 0 saturated carbocycles. The molecule has 0 unspecified atom stereocenters. The zero-order valence-corrected chi connectivity index (χ0v) is 16.8. The number of aryl methyl sites for hydroxylation is 1. The Hall–Kier alpha value is -3.44. The van der Waals surface area contributed by atoms with Crippen molar-refractivity contribution in [2.24, 2.45) is 5.10 Å². The number of aromatic nitrogens is 2. The highest BCUT2D eigenvalue weighted by Crippen LogP contribution is 2.23. The zero-order valence-electron chi connectivity index (χ0n) is 16.1. The molecule has 0 aliphatic carbocycles. The van der Waals surface area contributed by atoms with Crippen molar-refractivity contribution in [3.63, 3.8) is 0 Å². The van der Waals surface area contributed by atoms with Crippen molar-refractivity contribution >= 4 is 34.6 Å². The highest BCUT2D eigenvalue weighted by atomic mass is 35.5. The number of nitrogens with one attached hydrogen (secondary N) is 1. The first-order valence-electron chi connectivity index (χ1n) is 9.16. The van der Waals surface area contributed by atoms with Crippen LogP contribution in [0.1, 0.15) is 27.3 Å². The number of pyridine rings is 1. The lowest BCUT2D eigenvalue weighted by molar-refractivity contribution is 0.0955. The first-order chi connectivity index (χ1) is 14.0. The van der Waals surface area contributed by atoms with Gasteiger partial charge in [0.15, 0.2) is 0 Å². The number of amides is 1. The smallest absolute Gasteiger partial charge is 0.271 e. The van der Waals surface area contributed by atoms with Crippen LogP contribution in [0, 0.1) is 13.8 Å². The third-order valence-electron chi connectivity index (χ3n) is 4.79. The minimum absolute atomic E-state index is 0.284. The Morgan fingerprint density at radius 3 is 2.69 bits per heavy atom. The Morgan fingerprint density at radius 2 is 1.90 bits per heavy atom. The average molecular weight is 403 g/mol. The molecule has 0 bridgehead atoms. The Labute approximate surface area is 173 Å². The molecule has 0 aliphatic heterocycles. The largest absolute Gasteiger partial charge is 0.318 e. The molecular formula is C23H19ClN4O. The topological polar surface area (TPSA) is 59.3 Å². The summed E-state index contributed by atoms with van der Waals surface area (Å²) in [7, 11) is 0. The van der Waals surface area contributed by atoms with Crippen LogP contribution in [0.25, 0.3) is 16.6 Å². The van der Waals surface area contributed by atoms with Gasteiger partial charge in [-0.15, -0.1) is 0 Å². The quantitative estimate of drug-likeness (QED) is 0.383. The van der Waals surface area contributed by atoms with Gasteiger partial charge in [0.25, 0.3) is 5.91 Å². The van der Waals surface area contributed by atoms with E-state index in [0.29, 0.717) is 10.6 Å². The van der Waals surface area contributed by atoms with E-state index in [-0.39, 0.29) is 5.91 Å². The van der Waals surface area contributed by atoms with Crippen molar-refractivity contribution in [3.8, 4) is 5.69 Å². The molecule has 2 heterocycles. The number of hydrogen-bond donors (Lipinski definition) is 1. The summed E-state index contributed by atoms with van der Waals surface area (Å²) in [4.78, 5) is 16.5. The predicted octanol–water partition coefficient (Wildman–Crippen LogP) is 5.06. The van der Waals surface area contributed by atoms with E-state index in [9.17, 15) is 4.79 Å². The van der Waals surface area contributed by atoms with E-state index >= 15 is 0 Å². The van der Waals surface area contributed by atoms with Crippen LogP contribution >= 0.6 is 11.6 Å². The van der Waals surface area contributed by atoms with Gasteiger partial charge in [-0.25, -0.2) is 5.43 Å². The van der Waals surface area contributed by atoms with Gasteiger partial charge in [0.1, 0.15) is 0 Å². The molecule has 1 N–H and O–H groups in total. The van der Waals surface area contributed by atoms with Gasteiger partial charge in [-0.2, -0.15) is 5.10 Å². The molecule has 6 heteroatoms. The maximum absolute atomic E-state index is 12.2. The van der Waals surface area contributed by atoms with E-state index in [1.165, 1.54) is 0 Å². The average Bonchev–Trinajstić information content (AvgIpc) is 3.01. The molecule has 2 aromatic carbocycles. The van der Waals surface area contributed by atoms with Crippen molar-refractivity contribution in [2.45, 2.75) is 13.8 Å². The molecule has 5 nitrogen and oxygen atoms in total. The summed E-state index contributed by atoms with van der Waals surface area (Å²) in [5.41, 5.74) is 8.13. The monoisotopic (exact) mass is 402 g/mol. The van der Waals surface area contributed by atoms with Crippen LogP contribution in [0.15, 0.2) is 72.0 Å². The fraction of sp³-hybridized carbons (Fsp3) is 0.0870. The van der Waals surface area contributed by atoms with Crippen LogP contribution in [0.3, 0.4) is 0 Å². The molecule has 0 aliphatic rings. The number of hydrazone groups is 1. The van der Waals surface area contributed by atoms with Crippen molar-refractivity contribution in [2.75, 3.05) is 0 Å². The van der Waals surface area contributed by atoms with Gasteiger partial charge in [0.2, 0.25) is 0 Å². The molecule has 0 radical (unpaired) electrons. The summed E-state index contributed by atoms with van der Waals surface area (Å²) < 4.78 is 2.16. The highest BCUT2D eigenvalue weighted by molar-refractivity contribution is 6.30. The van der Waals surface area contributed by atoms with Gasteiger partial charge in [0.05, 0.1) is 11.7 Å². The number of nitrogens with zero attached hydrogens (tertiary/aromatic N) is 3. The summed E-state index contributed by atoms with van der Waals surface area (Å²) in [6.07, 6.45) is 3.45. The standard InChI is InChI=1S/C23H19ClN4O/c1-15-12-19(14-26-27-23(29)17-5-7-20(24)8-6-17)16(2)28(15)21-9-10-22-18(13-21)4-3-11-25-22/h3-14H,1-2H3,(H,27,29)/b26-14-. The van der Waals surface area contributed by atoms with Gasteiger partial charge in [-0.3, -0.25) is 9.78 Å². The number of carbonyl (C=O) groups is 1. The van der Waals surface area contributed by atoms with E-state index in [0.717, 1.165) is 33.5 Å². The van der Waals surface area contributed by atoms with E-state index < -0.39 is 0 Å². The van der Waals surface area contributed by atoms with Crippen molar-refractivity contribution in [1.82, 2.24) is 15.0 Å². The Kier molecular flexibility index (Phi) is 5.14. The van der Waals surface area contributed by atoms with Crippen LogP contribution < -0.4 is 5.43 Å². The lowest BCUT2D eigenvalue weighted by Gasteiger charge is -2.10. The maximum Gasteiger partial charge on any atom is 0.271 e. The van der Waals surface area contributed by atoms with Crippen molar-refractivity contribution < 1.29 is 4.79 Å². The molecule has 0 saturated heterocycles. The number of hydrogen-bond acceptors (Lipinski definition) is 3. The van der Waals surface area contributed by atoms with E-state index in [2.05, 4.69) is 38.3 Å². The number of rotatable bonds is 4. The van der Waals surface area contributed by atoms with E-state index in [1.54, 1.807) is 36.7 Å². The maximum atomic E-state index is 12.2. The van der Waals surface area contributed by atoms with Gasteiger partial charge in [-0.1, -0.05) is 17.7 Å². The second-order valence-corrected chi connectivity index (χ2v) is 7.18. The van der Waals surface area contributed by atoms with E-state index in [1.807, 2.05) is 32.0 Å². The Bertz CT molecular complexity index is 1230. The molecule has 1 amide bonds. The highest BCUT2D eigenvalue weighted by Gasteiger charge is 2.10. The first-order valence-corrected chi connectivity index (χ1v) is 9.54. The molecule has 2 aromatic heterocycles. The third-order valence-corrected chi connectivity index (χ3v) is 5.04.